The van der Waals surface area contributed by atoms with E-state index in [9.17, 15) is 9.65 Å². The molecule has 20 heavy (non-hydrogen) atoms. The fourth-order valence-corrected chi connectivity index (χ4v) is 1.95. The highest BCUT2D eigenvalue weighted by Crippen LogP contribution is 2.22. The molecule has 0 aliphatic rings. The van der Waals surface area contributed by atoms with Gasteiger partial charge < -0.3 is 10.1 Å². The largest absolute Gasteiger partial charge is 0.380 e. The van der Waals surface area contributed by atoms with Crippen molar-refractivity contribution in [1.82, 2.24) is 0 Å². The van der Waals surface area contributed by atoms with Crippen LogP contribution in [0.5, 0.6) is 0 Å². The molecule has 4 heteroatoms. The molecule has 0 aliphatic heterocycles. The van der Waals surface area contributed by atoms with Crippen LogP contribution in [0.25, 0.3) is 0 Å². The number of rotatable bonds is 5. The van der Waals surface area contributed by atoms with E-state index < -0.39 is 6.04 Å². The van der Waals surface area contributed by atoms with E-state index in [0.717, 1.165) is 11.1 Å². The molecule has 1 atom stereocenters. The molecule has 0 bridgehead atoms. The van der Waals surface area contributed by atoms with E-state index in [4.69, 9.17) is 4.74 Å². The van der Waals surface area contributed by atoms with Crippen molar-refractivity contribution in [2.45, 2.75) is 12.6 Å². The zero-order chi connectivity index (χ0) is 14.4. The van der Waals surface area contributed by atoms with Gasteiger partial charge in [0.2, 0.25) is 0 Å². The first kappa shape index (κ1) is 14.0. The van der Waals surface area contributed by atoms with Crippen LogP contribution >= 0.6 is 0 Å². The van der Waals surface area contributed by atoms with Gasteiger partial charge in [0.1, 0.15) is 11.9 Å². The molecule has 0 spiro atoms. The van der Waals surface area contributed by atoms with Gasteiger partial charge in [0.25, 0.3) is 0 Å². The topological polar surface area (TPSA) is 45.0 Å². The Hall–Kier alpha value is -2.38. The van der Waals surface area contributed by atoms with Gasteiger partial charge in [-0.3, -0.25) is 0 Å². The van der Waals surface area contributed by atoms with E-state index in [1.807, 2.05) is 24.3 Å². The Kier molecular flexibility index (Phi) is 4.70. The van der Waals surface area contributed by atoms with Crippen molar-refractivity contribution in [3.8, 4) is 6.07 Å². The molecule has 3 nitrogen and oxygen atoms in total. The second kappa shape index (κ2) is 6.69. The third-order valence-corrected chi connectivity index (χ3v) is 2.90. The van der Waals surface area contributed by atoms with Gasteiger partial charge in [-0.15, -0.1) is 0 Å². The van der Waals surface area contributed by atoms with Gasteiger partial charge >= 0.3 is 0 Å². The van der Waals surface area contributed by atoms with E-state index in [2.05, 4.69) is 11.4 Å². The van der Waals surface area contributed by atoms with Crippen molar-refractivity contribution >= 4 is 5.69 Å². The highest BCUT2D eigenvalue weighted by molar-refractivity contribution is 5.48. The van der Waals surface area contributed by atoms with Crippen LogP contribution in [0.3, 0.4) is 0 Å². The van der Waals surface area contributed by atoms with E-state index in [1.54, 1.807) is 25.3 Å². The summed E-state index contributed by atoms with van der Waals surface area (Å²) in [6.45, 7) is 0.478. The van der Waals surface area contributed by atoms with Crippen LogP contribution in [-0.4, -0.2) is 7.11 Å². The molecule has 0 saturated heterocycles. The fraction of sp³-hybridized carbons (Fsp3) is 0.188. The highest BCUT2D eigenvalue weighted by Gasteiger charge is 2.12. The van der Waals surface area contributed by atoms with Crippen molar-refractivity contribution in [3.63, 3.8) is 0 Å². The normalized spacial score (nSPS) is 11.7. The summed E-state index contributed by atoms with van der Waals surface area (Å²) in [5, 5.41) is 12.2. The van der Waals surface area contributed by atoms with E-state index >= 15 is 0 Å². The number of nitrogens with zero attached hydrogens (tertiary/aromatic N) is 1. The standard InChI is InChI=1S/C16H15FN2O/c1-20-11-12-5-4-6-13(9-12)16(10-18)19-15-8-3-2-7-14(15)17/h2-9,16,19H,11H2,1H3. The van der Waals surface area contributed by atoms with Crippen LogP contribution < -0.4 is 5.32 Å². The number of nitriles is 1. The average molecular weight is 270 g/mol. The molecule has 0 heterocycles. The first-order chi connectivity index (χ1) is 9.74. The third kappa shape index (κ3) is 3.34. The molecule has 0 aliphatic carbocycles. The van der Waals surface area contributed by atoms with Crippen LogP contribution in [0.4, 0.5) is 10.1 Å². The van der Waals surface area contributed by atoms with Crippen LogP contribution in [0.2, 0.25) is 0 Å². The lowest BCUT2D eigenvalue weighted by Gasteiger charge is -2.14. The molecule has 102 valence electrons. The lowest BCUT2D eigenvalue weighted by molar-refractivity contribution is 0.185. The second-order valence-electron chi connectivity index (χ2n) is 4.36. The first-order valence-electron chi connectivity index (χ1n) is 6.23. The maximum atomic E-state index is 13.6. The molecule has 1 N–H and O–H groups in total. The van der Waals surface area contributed by atoms with Gasteiger partial charge in [-0.25, -0.2) is 4.39 Å². The molecular formula is C16H15FN2O. The Morgan fingerprint density at radius 3 is 2.75 bits per heavy atom. The molecular weight excluding hydrogens is 255 g/mol. The molecule has 2 rings (SSSR count). The maximum Gasteiger partial charge on any atom is 0.146 e. The van der Waals surface area contributed by atoms with Crippen LogP contribution in [0, 0.1) is 17.1 Å². The average Bonchev–Trinajstić information content (AvgIpc) is 2.47. The zero-order valence-electron chi connectivity index (χ0n) is 11.1. The fourth-order valence-electron chi connectivity index (χ4n) is 1.95. The van der Waals surface area contributed by atoms with Crippen molar-refractivity contribution in [3.05, 3.63) is 65.5 Å². The number of ether oxygens (including phenoxy) is 1. The van der Waals surface area contributed by atoms with Crippen molar-refractivity contribution in [2.24, 2.45) is 0 Å². The summed E-state index contributed by atoms with van der Waals surface area (Å²) in [7, 11) is 1.62. The molecule has 0 saturated carbocycles. The number of hydrogen-bond donors (Lipinski definition) is 1. The van der Waals surface area contributed by atoms with Gasteiger partial charge in [0.15, 0.2) is 0 Å². The summed E-state index contributed by atoms with van der Waals surface area (Å²) in [5.74, 6) is -0.374. The number of halogens is 1. The minimum Gasteiger partial charge on any atom is -0.380 e. The summed E-state index contributed by atoms with van der Waals surface area (Å²) in [4.78, 5) is 0. The molecule has 2 aromatic carbocycles. The summed E-state index contributed by atoms with van der Waals surface area (Å²) in [6, 6.07) is 15.3. The van der Waals surface area contributed by atoms with Gasteiger partial charge in [0.05, 0.1) is 18.4 Å². The Balaban J connectivity index is 2.23. The molecule has 0 radical (unpaired) electrons. The second-order valence-corrected chi connectivity index (χ2v) is 4.36. The third-order valence-electron chi connectivity index (χ3n) is 2.90. The van der Waals surface area contributed by atoms with Crippen molar-refractivity contribution in [2.75, 3.05) is 12.4 Å². The maximum absolute atomic E-state index is 13.6. The predicted molar refractivity (Wildman–Crippen MR) is 75.5 cm³/mol. The minimum absolute atomic E-state index is 0.316. The number of anilines is 1. The number of para-hydroxylation sites is 1. The summed E-state index contributed by atoms with van der Waals surface area (Å²) < 4.78 is 18.7. The van der Waals surface area contributed by atoms with Gasteiger partial charge in [-0.1, -0.05) is 36.4 Å². The Morgan fingerprint density at radius 1 is 1.25 bits per heavy atom. The Morgan fingerprint density at radius 2 is 2.05 bits per heavy atom. The predicted octanol–water partition coefficient (Wildman–Crippen LogP) is 3.65. The van der Waals surface area contributed by atoms with Gasteiger partial charge in [-0.2, -0.15) is 5.26 Å². The lowest BCUT2D eigenvalue weighted by atomic mass is 10.0. The van der Waals surface area contributed by atoms with E-state index in [1.165, 1.54) is 6.07 Å². The number of benzene rings is 2. The molecule has 0 fully saturated rings. The van der Waals surface area contributed by atoms with Crippen LogP contribution in [0.1, 0.15) is 17.2 Å². The van der Waals surface area contributed by atoms with Gasteiger partial charge in [0, 0.05) is 7.11 Å². The monoisotopic (exact) mass is 270 g/mol. The molecule has 0 aromatic heterocycles. The minimum atomic E-state index is -0.608. The Labute approximate surface area is 117 Å². The van der Waals surface area contributed by atoms with Crippen LogP contribution in [0.15, 0.2) is 48.5 Å². The summed E-state index contributed by atoms with van der Waals surface area (Å²) in [6.07, 6.45) is 0. The number of nitrogens with one attached hydrogen (secondary N) is 1. The highest BCUT2D eigenvalue weighted by atomic mass is 19.1. The molecule has 0 amide bonds. The number of methoxy groups -OCH3 is 1. The SMILES string of the molecule is COCc1cccc(C(C#N)Nc2ccccc2F)c1. The summed E-state index contributed by atoms with van der Waals surface area (Å²) >= 11 is 0. The quantitative estimate of drug-likeness (QED) is 0.902. The number of hydrogen-bond acceptors (Lipinski definition) is 3. The Bertz CT molecular complexity index is 622. The van der Waals surface area contributed by atoms with Crippen LogP contribution in [-0.2, 0) is 11.3 Å². The lowest BCUT2D eigenvalue weighted by Crippen LogP contribution is -2.10. The molecule has 1 unspecified atom stereocenters. The van der Waals surface area contributed by atoms with E-state index in [0.29, 0.717) is 12.3 Å². The molecule has 2 aromatic rings. The smallest absolute Gasteiger partial charge is 0.146 e. The van der Waals surface area contributed by atoms with Gasteiger partial charge in [-0.05, 0) is 23.3 Å². The van der Waals surface area contributed by atoms with Crippen molar-refractivity contribution in [1.29, 1.82) is 5.26 Å². The zero-order valence-corrected chi connectivity index (χ0v) is 11.1. The van der Waals surface area contributed by atoms with Crippen molar-refractivity contribution < 1.29 is 9.13 Å². The first-order valence-corrected chi connectivity index (χ1v) is 6.23. The van der Waals surface area contributed by atoms with E-state index in [-0.39, 0.29) is 5.82 Å². The summed E-state index contributed by atoms with van der Waals surface area (Å²) in [5.41, 5.74) is 2.07.